The summed E-state index contributed by atoms with van der Waals surface area (Å²) in [6, 6.07) is 6.28. The number of nitrogens with one attached hydrogen (secondary N) is 1. The molecule has 16 heavy (non-hydrogen) atoms. The Morgan fingerprint density at radius 1 is 1.31 bits per heavy atom. The van der Waals surface area contributed by atoms with Crippen LogP contribution in [0.5, 0.6) is 0 Å². The Labute approximate surface area is 102 Å². The lowest BCUT2D eigenvalue weighted by Crippen LogP contribution is -2.51. The fourth-order valence-electron chi connectivity index (χ4n) is 3.19. The standard InChI is InChI=1S/C13H17ClN2/c1-16-12-10(3-2-4-11(12)14)9-13(16)5-7-15-8-6-13/h2-4,15H,5-9H2,1H3. The van der Waals surface area contributed by atoms with E-state index in [-0.39, 0.29) is 0 Å². The first-order valence-electron chi connectivity index (χ1n) is 5.95. The van der Waals surface area contributed by atoms with E-state index in [1.54, 1.807) is 0 Å². The van der Waals surface area contributed by atoms with Crippen LogP contribution in [0.1, 0.15) is 18.4 Å². The third kappa shape index (κ3) is 1.36. The average Bonchev–Trinajstić information content (AvgIpc) is 2.55. The van der Waals surface area contributed by atoms with Gasteiger partial charge in [-0.2, -0.15) is 0 Å². The highest BCUT2D eigenvalue weighted by molar-refractivity contribution is 6.33. The lowest BCUT2D eigenvalue weighted by molar-refractivity contribution is 0.310. The predicted molar refractivity (Wildman–Crippen MR) is 68.4 cm³/mol. The van der Waals surface area contributed by atoms with Crippen LogP contribution in [0.15, 0.2) is 18.2 Å². The maximum absolute atomic E-state index is 6.31. The molecule has 0 aromatic heterocycles. The number of fused-ring (bicyclic) bond motifs is 1. The summed E-state index contributed by atoms with van der Waals surface area (Å²) < 4.78 is 0. The van der Waals surface area contributed by atoms with Crippen LogP contribution in [0, 0.1) is 0 Å². The number of nitrogens with zero attached hydrogens (tertiary/aromatic N) is 1. The van der Waals surface area contributed by atoms with Crippen LogP contribution in [0.25, 0.3) is 0 Å². The van der Waals surface area contributed by atoms with Crippen LogP contribution in [0.3, 0.4) is 0 Å². The number of rotatable bonds is 0. The van der Waals surface area contributed by atoms with Crippen molar-refractivity contribution in [1.82, 2.24) is 5.32 Å². The topological polar surface area (TPSA) is 15.3 Å². The molecule has 0 saturated carbocycles. The van der Waals surface area contributed by atoms with Gasteiger partial charge in [0.25, 0.3) is 0 Å². The first-order valence-corrected chi connectivity index (χ1v) is 6.33. The summed E-state index contributed by atoms with van der Waals surface area (Å²) in [5, 5.41) is 4.34. The number of halogens is 1. The minimum Gasteiger partial charge on any atom is -0.367 e. The predicted octanol–water partition coefficient (Wildman–Crippen LogP) is 2.45. The minimum absolute atomic E-state index is 0.318. The van der Waals surface area contributed by atoms with Gasteiger partial charge in [0, 0.05) is 12.6 Å². The van der Waals surface area contributed by atoms with Gasteiger partial charge in [0.05, 0.1) is 10.7 Å². The van der Waals surface area contributed by atoms with E-state index >= 15 is 0 Å². The molecule has 1 aromatic rings. The van der Waals surface area contributed by atoms with Crippen LogP contribution in [0.2, 0.25) is 5.02 Å². The number of anilines is 1. The zero-order chi connectivity index (χ0) is 11.2. The first-order chi connectivity index (χ1) is 7.73. The molecule has 1 aromatic carbocycles. The van der Waals surface area contributed by atoms with Gasteiger partial charge in [-0.15, -0.1) is 0 Å². The number of piperidine rings is 1. The Morgan fingerprint density at radius 3 is 2.75 bits per heavy atom. The van der Waals surface area contributed by atoms with Crippen molar-refractivity contribution in [2.75, 3.05) is 25.0 Å². The molecule has 2 aliphatic rings. The monoisotopic (exact) mass is 236 g/mol. The SMILES string of the molecule is CN1c2c(Cl)cccc2CC12CCNCC2. The number of para-hydroxylation sites is 1. The molecule has 0 atom stereocenters. The lowest BCUT2D eigenvalue weighted by Gasteiger charge is -2.41. The molecule has 3 heteroatoms. The fraction of sp³-hybridized carbons (Fsp3) is 0.538. The maximum atomic E-state index is 6.31. The van der Waals surface area contributed by atoms with E-state index in [1.807, 2.05) is 6.07 Å². The van der Waals surface area contributed by atoms with Gasteiger partial charge >= 0.3 is 0 Å². The third-order valence-corrected chi connectivity index (χ3v) is 4.48. The molecule has 2 heterocycles. The molecule has 1 N–H and O–H groups in total. The quantitative estimate of drug-likeness (QED) is 0.745. The molecule has 0 bridgehead atoms. The highest BCUT2D eigenvalue weighted by Crippen LogP contribution is 2.45. The van der Waals surface area contributed by atoms with E-state index in [4.69, 9.17) is 11.6 Å². The van der Waals surface area contributed by atoms with Crippen LogP contribution in [0.4, 0.5) is 5.69 Å². The van der Waals surface area contributed by atoms with Crippen molar-refractivity contribution in [3.05, 3.63) is 28.8 Å². The second-order valence-corrected chi connectivity index (χ2v) is 5.36. The van der Waals surface area contributed by atoms with Gasteiger partial charge in [-0.25, -0.2) is 0 Å². The molecule has 0 unspecified atom stereocenters. The van der Waals surface area contributed by atoms with E-state index in [9.17, 15) is 0 Å². The molecule has 2 nitrogen and oxygen atoms in total. The van der Waals surface area contributed by atoms with Gasteiger partial charge in [-0.3, -0.25) is 0 Å². The van der Waals surface area contributed by atoms with Crippen molar-refractivity contribution < 1.29 is 0 Å². The van der Waals surface area contributed by atoms with Gasteiger partial charge in [0.1, 0.15) is 0 Å². The maximum Gasteiger partial charge on any atom is 0.0642 e. The summed E-state index contributed by atoms with van der Waals surface area (Å²) in [5.41, 5.74) is 2.99. The Hall–Kier alpha value is -0.730. The van der Waals surface area contributed by atoms with E-state index in [2.05, 4.69) is 29.4 Å². The summed E-state index contributed by atoms with van der Waals surface area (Å²) in [4.78, 5) is 2.42. The van der Waals surface area contributed by atoms with Crippen molar-refractivity contribution >= 4 is 17.3 Å². The van der Waals surface area contributed by atoms with Gasteiger partial charge in [0.2, 0.25) is 0 Å². The third-order valence-electron chi connectivity index (χ3n) is 4.17. The Kier molecular flexibility index (Phi) is 2.37. The smallest absolute Gasteiger partial charge is 0.0642 e. The van der Waals surface area contributed by atoms with Crippen LogP contribution in [-0.2, 0) is 6.42 Å². The highest BCUT2D eigenvalue weighted by atomic mass is 35.5. The van der Waals surface area contributed by atoms with E-state index in [1.165, 1.54) is 24.1 Å². The summed E-state index contributed by atoms with van der Waals surface area (Å²) in [5.74, 6) is 0. The molecule has 0 amide bonds. The Morgan fingerprint density at radius 2 is 2.06 bits per heavy atom. The molecule has 3 rings (SSSR count). The van der Waals surface area contributed by atoms with Crippen molar-refractivity contribution in [1.29, 1.82) is 0 Å². The normalized spacial score (nSPS) is 22.5. The molecule has 1 spiro atoms. The van der Waals surface area contributed by atoms with E-state index < -0.39 is 0 Å². The summed E-state index contributed by atoms with van der Waals surface area (Å²) >= 11 is 6.31. The Balaban J connectivity index is 2.02. The zero-order valence-electron chi connectivity index (χ0n) is 9.59. The van der Waals surface area contributed by atoms with E-state index in [0.29, 0.717) is 5.54 Å². The first kappa shape index (κ1) is 10.4. The summed E-state index contributed by atoms with van der Waals surface area (Å²) in [6.07, 6.45) is 3.59. The molecule has 86 valence electrons. The number of hydrogen-bond donors (Lipinski definition) is 1. The molecule has 2 aliphatic heterocycles. The van der Waals surface area contributed by atoms with Gasteiger partial charge in [-0.05, 0) is 44.0 Å². The average molecular weight is 237 g/mol. The molecule has 1 saturated heterocycles. The van der Waals surface area contributed by atoms with Crippen LogP contribution >= 0.6 is 11.6 Å². The lowest BCUT2D eigenvalue weighted by atomic mass is 9.85. The number of hydrogen-bond acceptors (Lipinski definition) is 2. The summed E-state index contributed by atoms with van der Waals surface area (Å²) in [6.45, 7) is 2.24. The molecular weight excluding hydrogens is 220 g/mol. The number of likely N-dealkylation sites (N-methyl/N-ethyl adjacent to an activating group) is 1. The second kappa shape index (κ2) is 3.64. The highest BCUT2D eigenvalue weighted by Gasteiger charge is 2.42. The van der Waals surface area contributed by atoms with Crippen molar-refractivity contribution in [2.24, 2.45) is 0 Å². The second-order valence-electron chi connectivity index (χ2n) is 4.96. The van der Waals surface area contributed by atoms with Crippen molar-refractivity contribution in [2.45, 2.75) is 24.8 Å². The molecule has 0 radical (unpaired) electrons. The van der Waals surface area contributed by atoms with Gasteiger partial charge in [0.15, 0.2) is 0 Å². The van der Waals surface area contributed by atoms with Gasteiger partial charge < -0.3 is 10.2 Å². The minimum atomic E-state index is 0.318. The van der Waals surface area contributed by atoms with Crippen LogP contribution in [-0.4, -0.2) is 25.7 Å². The zero-order valence-corrected chi connectivity index (χ0v) is 10.3. The largest absolute Gasteiger partial charge is 0.367 e. The molecule has 0 aliphatic carbocycles. The van der Waals surface area contributed by atoms with Gasteiger partial charge in [-0.1, -0.05) is 23.7 Å². The fourth-order valence-corrected chi connectivity index (χ4v) is 3.51. The summed E-state index contributed by atoms with van der Waals surface area (Å²) in [7, 11) is 2.20. The molecule has 1 fully saturated rings. The Bertz CT molecular complexity index is 410. The number of benzene rings is 1. The van der Waals surface area contributed by atoms with Crippen molar-refractivity contribution in [3.8, 4) is 0 Å². The van der Waals surface area contributed by atoms with Crippen LogP contribution < -0.4 is 10.2 Å². The van der Waals surface area contributed by atoms with Crippen molar-refractivity contribution in [3.63, 3.8) is 0 Å². The molecular formula is C13H17ClN2. The van der Waals surface area contributed by atoms with E-state index in [0.717, 1.165) is 24.5 Å².